The summed E-state index contributed by atoms with van der Waals surface area (Å²) in [5, 5.41) is 7.31. The van der Waals surface area contributed by atoms with Crippen LogP contribution in [0.25, 0.3) is 23.1 Å². The van der Waals surface area contributed by atoms with E-state index in [1.54, 1.807) is 28.9 Å². The van der Waals surface area contributed by atoms with Gasteiger partial charge >= 0.3 is 0 Å². The van der Waals surface area contributed by atoms with E-state index in [-0.39, 0.29) is 35.8 Å². The zero-order chi connectivity index (χ0) is 24.8. The summed E-state index contributed by atoms with van der Waals surface area (Å²) in [5.74, 6) is 0.262. The molecule has 1 unspecified atom stereocenters. The molecule has 4 rings (SSSR count). The minimum absolute atomic E-state index is 0.100. The van der Waals surface area contributed by atoms with E-state index in [9.17, 15) is 9.18 Å². The quantitative estimate of drug-likeness (QED) is 0.336. The molecule has 1 aromatic carbocycles. The molecule has 3 aromatic heterocycles. The van der Waals surface area contributed by atoms with Crippen molar-refractivity contribution in [2.24, 2.45) is 5.92 Å². The third kappa shape index (κ3) is 5.78. The van der Waals surface area contributed by atoms with E-state index in [1.165, 1.54) is 24.7 Å². The topological polar surface area (TPSA) is 125 Å². The summed E-state index contributed by atoms with van der Waals surface area (Å²) in [5.41, 5.74) is 7.81. The van der Waals surface area contributed by atoms with Gasteiger partial charge in [0, 0.05) is 18.1 Å². The monoisotopic (exact) mass is 475 g/mol. The smallest absolute Gasteiger partial charge is 0.244 e. The minimum Gasteiger partial charge on any atom is -0.443 e. The fraction of sp³-hybridized carbons (Fsp3) is 0.240. The van der Waals surface area contributed by atoms with Crippen molar-refractivity contribution in [1.29, 1.82) is 0 Å². The van der Waals surface area contributed by atoms with Crippen LogP contribution < -0.4 is 11.1 Å². The average Bonchev–Trinajstić information content (AvgIpc) is 3.50. The maximum Gasteiger partial charge on any atom is 0.244 e. The number of halogens is 1. The maximum absolute atomic E-state index is 14.3. The van der Waals surface area contributed by atoms with E-state index in [0.29, 0.717) is 35.0 Å². The summed E-state index contributed by atoms with van der Waals surface area (Å²) in [4.78, 5) is 25.2. The van der Waals surface area contributed by atoms with Crippen LogP contribution in [0.15, 0.2) is 65.6 Å². The number of hydrogen-bond donors (Lipinski definition) is 2. The highest BCUT2D eigenvalue weighted by Crippen LogP contribution is 2.26. The molecule has 0 fully saturated rings. The Bertz CT molecular complexity index is 1330. The number of allylic oxidation sites excluding steroid dienone is 2. The van der Waals surface area contributed by atoms with Crippen LogP contribution in [0.5, 0.6) is 0 Å². The van der Waals surface area contributed by atoms with Crippen LogP contribution in [-0.2, 0) is 11.3 Å². The van der Waals surface area contributed by atoms with Gasteiger partial charge in [0.2, 0.25) is 11.8 Å². The molecule has 0 bridgehead atoms. The molecule has 35 heavy (non-hydrogen) atoms. The van der Waals surface area contributed by atoms with Crippen LogP contribution in [0.1, 0.15) is 32.3 Å². The van der Waals surface area contributed by atoms with Crippen molar-refractivity contribution in [3.63, 3.8) is 0 Å². The maximum atomic E-state index is 14.3. The van der Waals surface area contributed by atoms with Crippen molar-refractivity contribution >= 4 is 17.4 Å². The van der Waals surface area contributed by atoms with Gasteiger partial charge in [0.1, 0.15) is 29.2 Å². The molecular weight excluding hydrogens is 449 g/mol. The number of carbonyl (C=O) groups excluding carboxylic acids is 1. The average molecular weight is 476 g/mol. The lowest BCUT2D eigenvalue weighted by molar-refractivity contribution is -0.116. The van der Waals surface area contributed by atoms with Gasteiger partial charge in [0.15, 0.2) is 11.6 Å². The highest BCUT2D eigenvalue weighted by molar-refractivity contribution is 5.93. The van der Waals surface area contributed by atoms with Gasteiger partial charge in [-0.15, -0.1) is 0 Å². The zero-order valence-corrected chi connectivity index (χ0v) is 19.5. The summed E-state index contributed by atoms with van der Waals surface area (Å²) < 4.78 is 21.3. The number of carbonyl (C=O) groups is 1. The second kappa shape index (κ2) is 10.7. The summed E-state index contributed by atoms with van der Waals surface area (Å²) in [6, 6.07) is 8.15. The summed E-state index contributed by atoms with van der Waals surface area (Å²) in [7, 11) is 0. The number of nitrogens with zero attached hydrogens (tertiary/aromatic N) is 5. The van der Waals surface area contributed by atoms with Gasteiger partial charge in [0.05, 0.1) is 18.9 Å². The number of rotatable bonds is 9. The Hall–Kier alpha value is -4.34. The molecule has 4 aromatic rings. The van der Waals surface area contributed by atoms with Crippen molar-refractivity contribution < 1.29 is 13.6 Å². The number of nitrogens with two attached hydrogens (primary N) is 1. The lowest BCUT2D eigenvalue weighted by Gasteiger charge is -2.10. The molecule has 0 radical (unpaired) electrons. The van der Waals surface area contributed by atoms with Crippen LogP contribution in [0.3, 0.4) is 0 Å². The Morgan fingerprint density at radius 1 is 1.31 bits per heavy atom. The molecule has 0 aliphatic rings. The van der Waals surface area contributed by atoms with E-state index in [1.807, 2.05) is 26.0 Å². The van der Waals surface area contributed by atoms with E-state index in [4.69, 9.17) is 10.2 Å². The number of benzene rings is 1. The number of amides is 1. The van der Waals surface area contributed by atoms with Gasteiger partial charge in [-0.2, -0.15) is 5.10 Å². The predicted molar refractivity (Wildman–Crippen MR) is 131 cm³/mol. The number of hydrogen-bond acceptors (Lipinski definition) is 7. The Labute approximate surface area is 201 Å². The fourth-order valence-electron chi connectivity index (χ4n) is 3.50. The standard InChI is InChI=1S/C25H26FN7O2/c1-3-4-7-16(2)12-22(34)30-20-14-29-24(31-23(20)27)19-13-21(25-28-10-11-35-25)33(32-19)15-17-8-5-6-9-18(17)26/h4-11,13-14,16H,3,12,15H2,1-2H3,(H,30,34)(H2,27,29,31)/b7-4-. The number of aromatic nitrogens is 5. The number of oxazole rings is 1. The first-order chi connectivity index (χ1) is 16.9. The number of nitrogens with one attached hydrogen (secondary N) is 1. The zero-order valence-electron chi connectivity index (χ0n) is 19.5. The third-order valence-electron chi connectivity index (χ3n) is 5.24. The summed E-state index contributed by atoms with van der Waals surface area (Å²) in [6.45, 7) is 4.16. The molecule has 0 saturated heterocycles. The van der Waals surface area contributed by atoms with Crippen LogP contribution in [0, 0.1) is 11.7 Å². The summed E-state index contributed by atoms with van der Waals surface area (Å²) in [6.07, 6.45) is 9.68. The van der Waals surface area contributed by atoms with E-state index < -0.39 is 0 Å². The Kier molecular flexibility index (Phi) is 7.30. The molecule has 9 nitrogen and oxygen atoms in total. The van der Waals surface area contributed by atoms with Crippen molar-refractivity contribution in [3.05, 3.63) is 72.5 Å². The van der Waals surface area contributed by atoms with E-state index in [0.717, 1.165) is 6.42 Å². The molecule has 0 spiro atoms. The second-order valence-electron chi connectivity index (χ2n) is 8.06. The van der Waals surface area contributed by atoms with Gasteiger partial charge in [-0.25, -0.2) is 19.3 Å². The molecular formula is C25H26FN7O2. The first kappa shape index (κ1) is 23.8. The molecule has 0 aliphatic heterocycles. The SMILES string of the molecule is CC/C=C\C(C)CC(=O)Nc1cnc(-c2cc(-c3ncco3)n(Cc3ccccc3F)n2)nc1N. The lowest BCUT2D eigenvalue weighted by Crippen LogP contribution is -2.16. The van der Waals surface area contributed by atoms with Crippen molar-refractivity contribution in [1.82, 2.24) is 24.7 Å². The molecule has 10 heteroatoms. The largest absolute Gasteiger partial charge is 0.443 e. The van der Waals surface area contributed by atoms with Crippen LogP contribution in [0.2, 0.25) is 0 Å². The van der Waals surface area contributed by atoms with Crippen LogP contribution in [-0.4, -0.2) is 30.6 Å². The Morgan fingerprint density at radius 2 is 2.14 bits per heavy atom. The predicted octanol–water partition coefficient (Wildman–Crippen LogP) is 4.70. The van der Waals surface area contributed by atoms with Gasteiger partial charge < -0.3 is 15.5 Å². The molecule has 180 valence electrons. The first-order valence-electron chi connectivity index (χ1n) is 11.2. The highest BCUT2D eigenvalue weighted by Gasteiger charge is 2.19. The molecule has 0 saturated carbocycles. The van der Waals surface area contributed by atoms with Crippen LogP contribution in [0.4, 0.5) is 15.9 Å². The van der Waals surface area contributed by atoms with Gasteiger partial charge in [-0.1, -0.05) is 44.2 Å². The molecule has 3 heterocycles. The Morgan fingerprint density at radius 3 is 2.86 bits per heavy atom. The second-order valence-corrected chi connectivity index (χ2v) is 8.06. The molecule has 1 amide bonds. The van der Waals surface area contributed by atoms with Crippen LogP contribution >= 0.6 is 0 Å². The molecule has 0 aliphatic carbocycles. The van der Waals surface area contributed by atoms with Gasteiger partial charge in [-0.3, -0.25) is 9.48 Å². The third-order valence-corrected chi connectivity index (χ3v) is 5.24. The fourth-order valence-corrected chi connectivity index (χ4v) is 3.50. The normalized spacial score (nSPS) is 12.2. The molecule has 1 atom stereocenters. The first-order valence-corrected chi connectivity index (χ1v) is 11.2. The van der Waals surface area contributed by atoms with E-state index >= 15 is 0 Å². The molecule has 3 N–H and O–H groups in total. The van der Waals surface area contributed by atoms with Crippen molar-refractivity contribution in [2.75, 3.05) is 11.1 Å². The number of anilines is 2. The Balaban J connectivity index is 1.58. The summed E-state index contributed by atoms with van der Waals surface area (Å²) >= 11 is 0. The lowest BCUT2D eigenvalue weighted by atomic mass is 10.1. The van der Waals surface area contributed by atoms with Crippen molar-refractivity contribution in [2.45, 2.75) is 33.2 Å². The number of nitrogen functional groups attached to an aromatic ring is 1. The van der Waals surface area contributed by atoms with Gasteiger partial charge in [0.25, 0.3) is 0 Å². The van der Waals surface area contributed by atoms with Crippen molar-refractivity contribution in [3.8, 4) is 23.1 Å². The minimum atomic E-state index is -0.344. The van der Waals surface area contributed by atoms with Gasteiger partial charge in [-0.05, 0) is 18.4 Å². The highest BCUT2D eigenvalue weighted by atomic mass is 19.1. The van der Waals surface area contributed by atoms with E-state index in [2.05, 4.69) is 25.4 Å².